The van der Waals surface area contributed by atoms with Crippen LogP contribution in [0.5, 0.6) is 0 Å². The summed E-state index contributed by atoms with van der Waals surface area (Å²) in [5, 5.41) is 10.8. The summed E-state index contributed by atoms with van der Waals surface area (Å²) < 4.78 is 12.0. The van der Waals surface area contributed by atoms with Crippen LogP contribution in [0.15, 0.2) is 12.7 Å². The van der Waals surface area contributed by atoms with Gasteiger partial charge in [-0.1, -0.05) is 47.6 Å². The summed E-state index contributed by atoms with van der Waals surface area (Å²) in [6.07, 6.45) is 1.14. The van der Waals surface area contributed by atoms with Gasteiger partial charge in [-0.15, -0.1) is 0 Å². The van der Waals surface area contributed by atoms with E-state index in [1.165, 1.54) is 6.08 Å². The van der Waals surface area contributed by atoms with Crippen LogP contribution in [0.25, 0.3) is 0 Å². The van der Waals surface area contributed by atoms with E-state index in [2.05, 4.69) is 40.4 Å². The second-order valence-electron chi connectivity index (χ2n) is 9.19. The van der Waals surface area contributed by atoms with Gasteiger partial charge in [0.1, 0.15) is 5.60 Å². The minimum absolute atomic E-state index is 0.113. The van der Waals surface area contributed by atoms with Crippen molar-refractivity contribution in [2.75, 3.05) is 0 Å². The minimum atomic E-state index is -2.35. The van der Waals surface area contributed by atoms with Crippen molar-refractivity contribution >= 4 is 14.3 Å². The second-order valence-corrected chi connectivity index (χ2v) is 13.9. The molecule has 0 unspecified atom stereocenters. The van der Waals surface area contributed by atoms with E-state index in [1.54, 1.807) is 20.8 Å². The largest absolute Gasteiger partial charge is 0.458 e. The first kappa shape index (κ1) is 23.3. The maximum Gasteiger partial charge on any atom is 0.344 e. The van der Waals surface area contributed by atoms with Crippen LogP contribution in [-0.2, 0) is 14.0 Å². The summed E-state index contributed by atoms with van der Waals surface area (Å²) in [5.41, 5.74) is -2.22. The highest BCUT2D eigenvalue weighted by molar-refractivity contribution is 6.74. The lowest BCUT2D eigenvalue weighted by Crippen LogP contribution is -2.61. The number of hydrogen-bond acceptors (Lipinski definition) is 4. The Kier molecular flexibility index (Phi) is 7.50. The first-order chi connectivity index (χ1) is 10.5. The fourth-order valence-corrected chi connectivity index (χ4v) is 3.49. The molecule has 0 aromatic carbocycles. The first-order valence-corrected chi connectivity index (χ1v) is 11.7. The van der Waals surface area contributed by atoms with Gasteiger partial charge in [-0.3, -0.25) is 0 Å². The zero-order chi connectivity index (χ0) is 19.6. The number of esters is 1. The highest BCUT2D eigenvalue weighted by Gasteiger charge is 2.54. The Bertz CT molecular complexity index is 445. The van der Waals surface area contributed by atoms with Crippen LogP contribution >= 0.6 is 0 Å². The SMILES string of the molecule is C=C[C@@](O[Si](C)(C)C(C)(C)C)(C(=O)OC(C)(C)C)[C@H](O)[C@@H](C)CC. The predicted octanol–water partition coefficient (Wildman–Crippen LogP) is 4.68. The zero-order valence-electron chi connectivity index (χ0n) is 17.3. The molecule has 0 fully saturated rings. The predicted molar refractivity (Wildman–Crippen MR) is 103 cm³/mol. The molecule has 0 amide bonds. The van der Waals surface area contributed by atoms with Crippen molar-refractivity contribution in [2.45, 2.75) is 97.2 Å². The molecule has 0 saturated carbocycles. The van der Waals surface area contributed by atoms with Crippen LogP contribution in [0.1, 0.15) is 61.8 Å². The van der Waals surface area contributed by atoms with E-state index in [4.69, 9.17) is 9.16 Å². The molecule has 0 aliphatic carbocycles. The van der Waals surface area contributed by atoms with Crippen molar-refractivity contribution in [1.29, 1.82) is 0 Å². The molecule has 0 aromatic rings. The van der Waals surface area contributed by atoms with Gasteiger partial charge in [0, 0.05) is 0 Å². The van der Waals surface area contributed by atoms with E-state index >= 15 is 0 Å². The third-order valence-electron chi connectivity index (χ3n) is 4.87. The van der Waals surface area contributed by atoms with Gasteiger partial charge in [0.25, 0.3) is 0 Å². The standard InChI is InChI=1S/C19H38O4Si/c1-12-14(3)15(20)19(13-2,16(21)22-17(4,5)6)23-24(10,11)18(7,8)9/h13-15,20H,2,12H2,1,3-11H3/t14-,15+,19-/m0/s1. The maximum atomic E-state index is 13.0. The number of rotatable bonds is 7. The van der Waals surface area contributed by atoms with E-state index in [0.29, 0.717) is 0 Å². The third kappa shape index (κ3) is 5.43. The Hall–Kier alpha value is -0.653. The van der Waals surface area contributed by atoms with Crippen LogP contribution in [-0.4, -0.2) is 36.7 Å². The monoisotopic (exact) mass is 358 g/mol. The zero-order valence-corrected chi connectivity index (χ0v) is 18.3. The molecule has 4 nitrogen and oxygen atoms in total. The molecule has 0 saturated heterocycles. The van der Waals surface area contributed by atoms with E-state index in [-0.39, 0.29) is 11.0 Å². The smallest absolute Gasteiger partial charge is 0.344 e. The molecule has 0 aliphatic rings. The molecule has 0 aliphatic heterocycles. The van der Waals surface area contributed by atoms with Gasteiger partial charge in [0.2, 0.25) is 0 Å². The molecule has 5 heteroatoms. The molecule has 142 valence electrons. The molecule has 0 radical (unpaired) electrons. The lowest BCUT2D eigenvalue weighted by atomic mass is 9.86. The molecule has 0 aromatic heterocycles. The molecule has 0 heterocycles. The third-order valence-corrected chi connectivity index (χ3v) is 9.33. The summed E-state index contributed by atoms with van der Waals surface area (Å²) in [4.78, 5) is 13.0. The molecule has 0 rings (SSSR count). The lowest BCUT2D eigenvalue weighted by Gasteiger charge is -2.46. The van der Waals surface area contributed by atoms with Crippen LogP contribution in [0.3, 0.4) is 0 Å². The average Bonchev–Trinajstić information content (AvgIpc) is 2.39. The van der Waals surface area contributed by atoms with Gasteiger partial charge in [0.05, 0.1) is 6.10 Å². The summed E-state index contributed by atoms with van der Waals surface area (Å²) in [6.45, 7) is 23.5. The molecular weight excluding hydrogens is 320 g/mol. The van der Waals surface area contributed by atoms with Gasteiger partial charge in [-0.05, 0) is 50.9 Å². The lowest BCUT2D eigenvalue weighted by molar-refractivity contribution is -0.182. The normalized spacial score (nSPS) is 18.5. The van der Waals surface area contributed by atoms with Crippen LogP contribution < -0.4 is 0 Å². The van der Waals surface area contributed by atoms with Crippen molar-refractivity contribution in [2.24, 2.45) is 5.92 Å². The van der Waals surface area contributed by atoms with E-state index in [1.807, 2.05) is 13.8 Å². The Morgan fingerprint density at radius 3 is 1.96 bits per heavy atom. The first-order valence-electron chi connectivity index (χ1n) is 8.79. The summed E-state index contributed by atoms with van der Waals surface area (Å²) in [6, 6.07) is 0. The van der Waals surface area contributed by atoms with Gasteiger partial charge in [0.15, 0.2) is 13.9 Å². The van der Waals surface area contributed by atoms with E-state index in [9.17, 15) is 9.90 Å². The Labute approximate surface area is 149 Å². The minimum Gasteiger partial charge on any atom is -0.458 e. The van der Waals surface area contributed by atoms with Crippen molar-refractivity contribution in [3.05, 3.63) is 12.7 Å². The number of aliphatic hydroxyl groups is 1. The summed E-state index contributed by atoms with van der Waals surface area (Å²) in [5.74, 6) is -0.692. The fourth-order valence-electron chi connectivity index (χ4n) is 2.05. The van der Waals surface area contributed by atoms with E-state index < -0.39 is 31.6 Å². The Balaban J connectivity index is 6.07. The van der Waals surface area contributed by atoms with Crippen molar-refractivity contribution < 1.29 is 19.1 Å². The maximum absolute atomic E-state index is 13.0. The molecule has 3 atom stereocenters. The van der Waals surface area contributed by atoms with Crippen LogP contribution in [0.2, 0.25) is 18.1 Å². The summed E-state index contributed by atoms with van der Waals surface area (Å²) in [7, 11) is -2.35. The highest BCUT2D eigenvalue weighted by atomic mass is 28.4. The molecule has 24 heavy (non-hydrogen) atoms. The van der Waals surface area contributed by atoms with Crippen molar-refractivity contribution in [3.8, 4) is 0 Å². The van der Waals surface area contributed by atoms with Crippen LogP contribution in [0.4, 0.5) is 0 Å². The Morgan fingerprint density at radius 1 is 1.21 bits per heavy atom. The van der Waals surface area contributed by atoms with Gasteiger partial charge < -0.3 is 14.3 Å². The molecule has 1 N–H and O–H groups in total. The molecule has 0 spiro atoms. The average molecular weight is 359 g/mol. The van der Waals surface area contributed by atoms with Crippen molar-refractivity contribution in [1.82, 2.24) is 0 Å². The number of hydrogen-bond donors (Lipinski definition) is 1. The van der Waals surface area contributed by atoms with Crippen molar-refractivity contribution in [3.63, 3.8) is 0 Å². The quantitative estimate of drug-likeness (QED) is 0.408. The van der Waals surface area contributed by atoms with Crippen LogP contribution in [0, 0.1) is 5.92 Å². The number of ether oxygens (including phenoxy) is 1. The Morgan fingerprint density at radius 2 is 1.67 bits per heavy atom. The number of carbonyl (C=O) groups is 1. The highest BCUT2D eigenvalue weighted by Crippen LogP contribution is 2.42. The molecule has 0 bridgehead atoms. The summed E-state index contributed by atoms with van der Waals surface area (Å²) >= 11 is 0. The molecular formula is C19H38O4Si. The topological polar surface area (TPSA) is 55.8 Å². The van der Waals surface area contributed by atoms with Gasteiger partial charge in [-0.25, -0.2) is 4.79 Å². The number of carbonyl (C=O) groups excluding carboxylic acids is 1. The second kappa shape index (κ2) is 7.71. The van der Waals surface area contributed by atoms with E-state index in [0.717, 1.165) is 6.42 Å². The van der Waals surface area contributed by atoms with Gasteiger partial charge in [-0.2, -0.15) is 0 Å². The number of aliphatic hydroxyl groups excluding tert-OH is 1. The fraction of sp³-hybridized carbons (Fsp3) is 0.842. The van der Waals surface area contributed by atoms with Gasteiger partial charge >= 0.3 is 5.97 Å².